The van der Waals surface area contributed by atoms with Gasteiger partial charge < -0.3 is 50.7 Å². The van der Waals surface area contributed by atoms with Crippen LogP contribution in [0, 0.1) is 5.41 Å². The van der Waals surface area contributed by atoms with E-state index in [1.807, 2.05) is 34.7 Å². The second-order valence-electron chi connectivity index (χ2n) is 16.1. The van der Waals surface area contributed by atoms with Crippen LogP contribution >= 0.6 is 0 Å². The lowest BCUT2D eigenvalue weighted by molar-refractivity contribution is -0.258. The van der Waals surface area contributed by atoms with Crippen molar-refractivity contribution >= 4 is 0 Å². The molecule has 12 heteroatoms. The molecule has 7 N–H and O–H groups in total. The van der Waals surface area contributed by atoms with Crippen LogP contribution in [0.3, 0.4) is 0 Å². The summed E-state index contributed by atoms with van der Waals surface area (Å²) in [7, 11) is 1.84. The Hall–Kier alpha value is -0.480. The number of rotatable bonds is 31. The Balaban J connectivity index is 6.01. The fourth-order valence-electron chi connectivity index (χ4n) is 4.18. The first-order chi connectivity index (χ1) is 21.7. The predicted molar refractivity (Wildman–Crippen MR) is 189 cm³/mol. The van der Waals surface area contributed by atoms with Crippen molar-refractivity contribution in [3.05, 3.63) is 0 Å². The minimum Gasteiger partial charge on any atom is -0.393 e. The average molecular weight is 681 g/mol. The van der Waals surface area contributed by atoms with Crippen molar-refractivity contribution in [3.63, 3.8) is 0 Å². The highest BCUT2D eigenvalue weighted by molar-refractivity contribution is 4.85. The molecule has 0 amide bonds. The summed E-state index contributed by atoms with van der Waals surface area (Å²) in [6, 6.07) is 0. The lowest BCUT2D eigenvalue weighted by atomic mass is 9.90. The van der Waals surface area contributed by atoms with E-state index < -0.39 is 22.2 Å². The molecule has 0 aromatic rings. The molecule has 0 aliphatic carbocycles. The fraction of sp³-hybridized carbons (Fsp3) is 1.00. The SMILES string of the molecule is CN(COC(C)(C)CCCN)OCC(COC(C)(C)CO)(COC(C)(C)CCOCCCN)COC(C)(C)COC(C)(C)CCCN. The molecule has 0 aliphatic rings. The van der Waals surface area contributed by atoms with Gasteiger partial charge >= 0.3 is 0 Å². The van der Waals surface area contributed by atoms with E-state index in [9.17, 15) is 5.11 Å². The summed E-state index contributed by atoms with van der Waals surface area (Å²) in [5.74, 6) is 0. The molecule has 0 radical (unpaired) electrons. The molecule has 12 nitrogen and oxygen atoms in total. The number of aliphatic hydroxyl groups excluding tert-OH is 1. The Kier molecular flexibility index (Phi) is 22.1. The van der Waals surface area contributed by atoms with Gasteiger partial charge in [0.2, 0.25) is 0 Å². The molecule has 0 aromatic heterocycles. The van der Waals surface area contributed by atoms with Crippen LogP contribution in [0.25, 0.3) is 0 Å². The van der Waals surface area contributed by atoms with Gasteiger partial charge in [-0.2, -0.15) is 5.06 Å². The van der Waals surface area contributed by atoms with Crippen molar-refractivity contribution in [3.8, 4) is 0 Å². The predicted octanol–water partition coefficient (Wildman–Crippen LogP) is 4.00. The summed E-state index contributed by atoms with van der Waals surface area (Å²) < 4.78 is 37.8. The van der Waals surface area contributed by atoms with Gasteiger partial charge in [0.25, 0.3) is 0 Å². The number of aliphatic hydroxyl groups is 1. The van der Waals surface area contributed by atoms with Crippen molar-refractivity contribution in [2.75, 3.05) is 86.3 Å². The Bertz CT molecular complexity index is 798. The van der Waals surface area contributed by atoms with Gasteiger partial charge in [0.05, 0.1) is 73.1 Å². The monoisotopic (exact) mass is 681 g/mol. The van der Waals surface area contributed by atoms with Crippen LogP contribution in [0.5, 0.6) is 0 Å². The van der Waals surface area contributed by atoms with E-state index in [-0.39, 0.29) is 51.0 Å². The number of hydrogen-bond acceptors (Lipinski definition) is 12. The summed E-state index contributed by atoms with van der Waals surface area (Å²) in [5.41, 5.74) is 13.8. The number of nitrogens with two attached hydrogens (primary N) is 3. The van der Waals surface area contributed by atoms with Gasteiger partial charge in [-0.15, -0.1) is 0 Å². The van der Waals surface area contributed by atoms with Gasteiger partial charge in [-0.05, 0) is 127 Å². The van der Waals surface area contributed by atoms with E-state index in [1.165, 1.54) is 0 Å². The zero-order valence-electron chi connectivity index (χ0n) is 32.2. The minimum atomic E-state index is -0.773. The third-order valence-corrected chi connectivity index (χ3v) is 8.03. The van der Waals surface area contributed by atoms with Crippen LogP contribution in [0.2, 0.25) is 0 Å². The van der Waals surface area contributed by atoms with Gasteiger partial charge in [0.15, 0.2) is 0 Å². The largest absolute Gasteiger partial charge is 0.393 e. The van der Waals surface area contributed by atoms with Crippen molar-refractivity contribution in [1.29, 1.82) is 0 Å². The van der Waals surface area contributed by atoms with E-state index in [1.54, 1.807) is 5.06 Å². The van der Waals surface area contributed by atoms with E-state index in [0.717, 1.165) is 32.1 Å². The van der Waals surface area contributed by atoms with Gasteiger partial charge in [-0.3, -0.25) is 4.84 Å². The lowest BCUT2D eigenvalue weighted by Gasteiger charge is -2.41. The molecular weight excluding hydrogens is 604 g/mol. The third-order valence-electron chi connectivity index (χ3n) is 8.03. The molecule has 0 bridgehead atoms. The Morgan fingerprint density at radius 3 is 1.47 bits per heavy atom. The zero-order valence-corrected chi connectivity index (χ0v) is 32.2. The standard InChI is InChI=1S/C35H76N4O8/c1-30(2,15-12-18-36)42-24-34(9,10)45-27-35(26-44-33(7,8)23-40,25-43-32(5,6)17-22-41-21-14-20-38)28-47-39(11)29-46-31(3,4)16-13-19-37/h40H,12-29,36-38H2,1-11H3. The Morgan fingerprint density at radius 2 is 0.957 bits per heavy atom. The Labute approximate surface area is 287 Å². The maximum atomic E-state index is 10.0. The van der Waals surface area contributed by atoms with Gasteiger partial charge in [-0.25, -0.2) is 0 Å². The maximum Gasteiger partial charge on any atom is 0.122 e. The van der Waals surface area contributed by atoms with Crippen LogP contribution in [0.4, 0.5) is 0 Å². The van der Waals surface area contributed by atoms with Crippen molar-refractivity contribution in [2.24, 2.45) is 22.6 Å². The number of ether oxygens (including phenoxy) is 6. The van der Waals surface area contributed by atoms with Crippen LogP contribution < -0.4 is 17.2 Å². The molecule has 0 heterocycles. The molecule has 284 valence electrons. The minimum absolute atomic E-state index is 0.139. The normalized spacial score (nSPS) is 15.1. The number of hydrogen-bond donors (Lipinski definition) is 4. The van der Waals surface area contributed by atoms with Gasteiger partial charge in [-0.1, -0.05) is 0 Å². The van der Waals surface area contributed by atoms with Crippen molar-refractivity contribution in [2.45, 2.75) is 136 Å². The molecule has 0 spiro atoms. The quantitative estimate of drug-likeness (QED) is 0.0473. The highest BCUT2D eigenvalue weighted by Gasteiger charge is 2.39. The summed E-state index contributed by atoms with van der Waals surface area (Å²) in [4.78, 5) is 6.32. The molecule has 0 aromatic carbocycles. The molecule has 0 aliphatic heterocycles. The highest BCUT2D eigenvalue weighted by atomic mass is 16.7. The smallest absolute Gasteiger partial charge is 0.122 e. The number of nitrogens with zero attached hydrogens (tertiary/aromatic N) is 1. The van der Waals surface area contributed by atoms with Crippen molar-refractivity contribution < 1.29 is 38.4 Å². The molecule has 0 rings (SSSR count). The summed E-state index contributed by atoms with van der Waals surface area (Å²) in [6.07, 6.45) is 4.99. The molecule has 47 heavy (non-hydrogen) atoms. The average Bonchev–Trinajstić information content (AvgIpc) is 3.00. The maximum absolute atomic E-state index is 10.0. The van der Waals surface area contributed by atoms with Crippen molar-refractivity contribution in [1.82, 2.24) is 5.06 Å². The summed E-state index contributed by atoms with van der Waals surface area (Å²) >= 11 is 0. The molecular formula is C35H76N4O8. The van der Waals surface area contributed by atoms with E-state index in [4.69, 9.17) is 50.5 Å². The lowest BCUT2D eigenvalue weighted by Crippen LogP contribution is -2.50. The third kappa shape index (κ3) is 23.5. The molecule has 1 atom stereocenters. The second kappa shape index (κ2) is 22.4. The second-order valence-corrected chi connectivity index (χ2v) is 16.1. The molecule has 0 fully saturated rings. The number of hydroxylamine groups is 2. The first-order valence-corrected chi connectivity index (χ1v) is 17.5. The van der Waals surface area contributed by atoms with Crippen LogP contribution in [0.15, 0.2) is 0 Å². The van der Waals surface area contributed by atoms with E-state index >= 15 is 0 Å². The van der Waals surface area contributed by atoms with E-state index in [2.05, 4.69) is 41.5 Å². The highest BCUT2D eigenvalue weighted by Crippen LogP contribution is 2.30. The zero-order chi connectivity index (χ0) is 36.3. The van der Waals surface area contributed by atoms with Crippen LogP contribution in [0.1, 0.15) is 108 Å². The van der Waals surface area contributed by atoms with Crippen LogP contribution in [-0.2, 0) is 33.3 Å². The molecule has 1 unspecified atom stereocenters. The summed E-state index contributed by atoms with van der Waals surface area (Å²) in [6.45, 7) is 24.6. The van der Waals surface area contributed by atoms with Gasteiger partial charge in [0, 0.05) is 20.3 Å². The molecule has 0 saturated carbocycles. The molecule has 0 saturated heterocycles. The van der Waals surface area contributed by atoms with Gasteiger partial charge in [0.1, 0.15) is 6.73 Å². The fourth-order valence-corrected chi connectivity index (χ4v) is 4.18. The first-order valence-electron chi connectivity index (χ1n) is 17.5. The Morgan fingerprint density at radius 1 is 0.511 bits per heavy atom. The summed E-state index contributed by atoms with van der Waals surface area (Å²) in [5, 5.41) is 11.7. The topological polar surface area (TPSA) is 166 Å². The van der Waals surface area contributed by atoms with Crippen LogP contribution in [-0.4, -0.2) is 124 Å². The first kappa shape index (κ1) is 46.5. The van der Waals surface area contributed by atoms with E-state index in [0.29, 0.717) is 45.9 Å².